The van der Waals surface area contributed by atoms with Crippen LogP contribution in [0.4, 0.5) is 9.18 Å². The van der Waals surface area contributed by atoms with Gasteiger partial charge in [0, 0.05) is 35.6 Å². The Kier molecular flexibility index (Phi) is 5.37. The maximum Gasteiger partial charge on any atom is 0.410 e. The van der Waals surface area contributed by atoms with Crippen molar-refractivity contribution in [3.8, 4) is 11.3 Å². The molecule has 0 bridgehead atoms. The number of ether oxygens (including phenoxy) is 1. The number of nitrogens with zero attached hydrogens (tertiary/aromatic N) is 2. The number of fused-ring (bicyclic) bond motifs is 1. The van der Waals surface area contributed by atoms with E-state index >= 15 is 0 Å². The van der Waals surface area contributed by atoms with Crippen LogP contribution in [-0.4, -0.2) is 46.6 Å². The van der Waals surface area contributed by atoms with E-state index in [-0.39, 0.29) is 25.5 Å². The van der Waals surface area contributed by atoms with E-state index in [0.717, 1.165) is 22.4 Å². The van der Waals surface area contributed by atoms with Crippen LogP contribution in [0.25, 0.3) is 11.3 Å². The van der Waals surface area contributed by atoms with E-state index < -0.39 is 12.8 Å². The first-order chi connectivity index (χ1) is 14.2. The van der Waals surface area contributed by atoms with Crippen molar-refractivity contribution in [3.05, 3.63) is 77.2 Å². The fourth-order valence-electron chi connectivity index (χ4n) is 3.64. The van der Waals surface area contributed by atoms with Crippen LogP contribution >= 0.6 is 0 Å². The molecule has 1 aliphatic rings. The minimum absolute atomic E-state index is 0.0897. The molecule has 3 heterocycles. The number of H-pyrrole nitrogens is 1. The molecule has 29 heavy (non-hydrogen) atoms. The lowest BCUT2D eigenvalue weighted by Crippen LogP contribution is -2.40. The maximum absolute atomic E-state index is 13.0. The molecule has 0 unspecified atom stereocenters. The summed E-state index contributed by atoms with van der Waals surface area (Å²) in [5.74, 6) is -0.161. The number of hydrogen-bond acceptors (Lipinski definition) is 4. The molecule has 1 N–H and O–H groups in total. The number of carbonyl (C=O) groups is 2. The summed E-state index contributed by atoms with van der Waals surface area (Å²) in [5, 5.41) is 0. The van der Waals surface area contributed by atoms with Gasteiger partial charge in [0.25, 0.3) is 0 Å². The van der Waals surface area contributed by atoms with Gasteiger partial charge in [-0.15, -0.1) is 0 Å². The molecular formula is C22H20FN3O3. The molecule has 1 amide bonds. The molecule has 7 heteroatoms. The average molecular weight is 393 g/mol. The number of amides is 1. The average Bonchev–Trinajstić information content (AvgIpc) is 3.12. The molecule has 0 spiro atoms. The number of aromatic nitrogens is 2. The third kappa shape index (κ3) is 3.89. The van der Waals surface area contributed by atoms with Crippen LogP contribution in [0.1, 0.15) is 27.2 Å². The summed E-state index contributed by atoms with van der Waals surface area (Å²) in [7, 11) is 0. The minimum atomic E-state index is -0.755. The van der Waals surface area contributed by atoms with E-state index in [1.807, 2.05) is 42.5 Å². The number of benzene rings is 1. The van der Waals surface area contributed by atoms with Crippen LogP contribution in [0, 0.1) is 0 Å². The molecular weight excluding hydrogens is 373 g/mol. The van der Waals surface area contributed by atoms with E-state index in [9.17, 15) is 14.0 Å². The molecule has 0 saturated carbocycles. The van der Waals surface area contributed by atoms with Gasteiger partial charge in [0.2, 0.25) is 0 Å². The maximum atomic E-state index is 13.0. The Bertz CT molecular complexity index is 1020. The molecule has 6 nitrogen and oxygen atoms in total. The summed E-state index contributed by atoms with van der Waals surface area (Å²) >= 11 is 0. The van der Waals surface area contributed by atoms with Gasteiger partial charge in [-0.1, -0.05) is 30.3 Å². The van der Waals surface area contributed by atoms with Gasteiger partial charge in [0.05, 0.1) is 18.8 Å². The van der Waals surface area contributed by atoms with E-state index in [1.165, 1.54) is 4.90 Å². The van der Waals surface area contributed by atoms with Crippen LogP contribution in [0.15, 0.2) is 54.9 Å². The zero-order valence-corrected chi connectivity index (χ0v) is 15.7. The lowest BCUT2D eigenvalue weighted by atomic mass is 9.94. The highest BCUT2D eigenvalue weighted by atomic mass is 19.1. The lowest BCUT2D eigenvalue weighted by molar-refractivity contribution is 0.0757. The Morgan fingerprint density at radius 2 is 1.90 bits per heavy atom. The zero-order valence-electron chi connectivity index (χ0n) is 15.7. The zero-order chi connectivity index (χ0) is 20.2. The van der Waals surface area contributed by atoms with Crippen LogP contribution < -0.4 is 0 Å². The fraction of sp³-hybridized carbons (Fsp3) is 0.227. The van der Waals surface area contributed by atoms with Crippen molar-refractivity contribution in [2.24, 2.45) is 0 Å². The Morgan fingerprint density at radius 3 is 2.62 bits per heavy atom. The molecule has 1 aromatic carbocycles. The molecule has 4 rings (SSSR count). The van der Waals surface area contributed by atoms with Crippen molar-refractivity contribution < 1.29 is 18.7 Å². The number of ketones is 1. The molecule has 0 radical (unpaired) electrons. The largest absolute Gasteiger partial charge is 0.447 e. The summed E-state index contributed by atoms with van der Waals surface area (Å²) in [6.07, 6.45) is 3.29. The van der Waals surface area contributed by atoms with Gasteiger partial charge in [0.1, 0.15) is 13.3 Å². The normalized spacial score (nSPS) is 13.3. The predicted molar refractivity (Wildman–Crippen MR) is 105 cm³/mol. The number of halogens is 1. The second-order valence-corrected chi connectivity index (χ2v) is 6.81. The van der Waals surface area contributed by atoms with Crippen molar-refractivity contribution in [3.63, 3.8) is 0 Å². The van der Waals surface area contributed by atoms with Crippen LogP contribution in [0.5, 0.6) is 0 Å². The van der Waals surface area contributed by atoms with Gasteiger partial charge >= 0.3 is 6.09 Å². The topological polar surface area (TPSA) is 75.3 Å². The number of alkyl halides is 1. The van der Waals surface area contributed by atoms with Crippen molar-refractivity contribution >= 4 is 11.9 Å². The van der Waals surface area contributed by atoms with Gasteiger partial charge in [-0.05, 0) is 23.3 Å². The van der Waals surface area contributed by atoms with Crippen molar-refractivity contribution in [1.29, 1.82) is 0 Å². The number of Topliss-reactive ketones (excluding diaryl/α,β-unsaturated/α-hetero) is 1. The highest BCUT2D eigenvalue weighted by Crippen LogP contribution is 2.33. The number of aromatic amines is 1. The first-order valence-electron chi connectivity index (χ1n) is 9.36. The molecule has 2 aromatic heterocycles. The van der Waals surface area contributed by atoms with Crippen LogP contribution in [-0.2, 0) is 17.7 Å². The van der Waals surface area contributed by atoms with E-state index in [0.29, 0.717) is 17.7 Å². The second-order valence-electron chi connectivity index (χ2n) is 6.81. The highest BCUT2D eigenvalue weighted by Gasteiger charge is 2.32. The highest BCUT2D eigenvalue weighted by molar-refractivity contribution is 6.04. The van der Waals surface area contributed by atoms with Crippen molar-refractivity contribution in [2.45, 2.75) is 13.0 Å². The monoisotopic (exact) mass is 393 g/mol. The van der Waals surface area contributed by atoms with Gasteiger partial charge in [-0.25, -0.2) is 9.18 Å². The number of nitrogens with one attached hydrogen (secondary N) is 1. The van der Waals surface area contributed by atoms with Gasteiger partial charge in [-0.3, -0.25) is 14.7 Å². The first-order valence-corrected chi connectivity index (χ1v) is 9.36. The van der Waals surface area contributed by atoms with Gasteiger partial charge in [0.15, 0.2) is 5.78 Å². The minimum Gasteiger partial charge on any atom is -0.447 e. The van der Waals surface area contributed by atoms with Gasteiger partial charge in [-0.2, -0.15) is 0 Å². The molecule has 0 fully saturated rings. The Labute approximate surface area is 167 Å². The summed E-state index contributed by atoms with van der Waals surface area (Å²) < 4.78 is 17.2. The summed E-state index contributed by atoms with van der Waals surface area (Å²) in [4.78, 5) is 33.8. The van der Waals surface area contributed by atoms with Crippen molar-refractivity contribution in [2.75, 3.05) is 19.8 Å². The Balaban J connectivity index is 1.74. The van der Waals surface area contributed by atoms with Crippen molar-refractivity contribution in [1.82, 2.24) is 14.9 Å². The van der Waals surface area contributed by atoms with Crippen LogP contribution in [0.3, 0.4) is 0 Å². The first kappa shape index (κ1) is 18.9. The Morgan fingerprint density at radius 1 is 1.14 bits per heavy atom. The van der Waals surface area contributed by atoms with Gasteiger partial charge < -0.3 is 9.72 Å². The van der Waals surface area contributed by atoms with Crippen LogP contribution in [0.2, 0.25) is 0 Å². The molecule has 0 aliphatic carbocycles. The molecule has 148 valence electrons. The summed E-state index contributed by atoms with van der Waals surface area (Å²) in [6.45, 7) is -0.954. The molecule has 1 aliphatic heterocycles. The summed E-state index contributed by atoms with van der Waals surface area (Å²) in [6, 6.07) is 13.7. The molecule has 0 atom stereocenters. The smallest absolute Gasteiger partial charge is 0.410 e. The predicted octanol–water partition coefficient (Wildman–Crippen LogP) is 3.77. The third-order valence-electron chi connectivity index (χ3n) is 4.90. The number of hydrogen-bond donors (Lipinski definition) is 1. The number of carbonyl (C=O) groups excluding carboxylic acids is 2. The third-order valence-corrected chi connectivity index (χ3v) is 4.90. The fourth-order valence-corrected chi connectivity index (χ4v) is 3.64. The Hall–Kier alpha value is -3.48. The number of pyridine rings is 1. The van der Waals surface area contributed by atoms with E-state index in [4.69, 9.17) is 4.74 Å². The SMILES string of the molecule is O=C1CN(C(=O)OCCF)Cc2[nH]c(-c3ccncc3)c(Cc3ccccc3)c21. The standard InChI is InChI=1S/C22H20FN3O3/c23-8-11-29-22(28)26-13-18-20(19(27)14-26)17(12-15-4-2-1-3-5-15)21(25-18)16-6-9-24-10-7-16/h1-7,9-10,25H,8,11-14H2. The molecule has 3 aromatic rings. The van der Waals surface area contributed by atoms with E-state index in [2.05, 4.69) is 9.97 Å². The summed E-state index contributed by atoms with van der Waals surface area (Å²) in [5.41, 5.74) is 5.03. The lowest BCUT2D eigenvalue weighted by Gasteiger charge is -2.25. The van der Waals surface area contributed by atoms with E-state index in [1.54, 1.807) is 12.4 Å². The second kappa shape index (κ2) is 8.26. The number of rotatable bonds is 5. The quantitative estimate of drug-likeness (QED) is 0.716. The molecule has 0 saturated heterocycles.